The maximum absolute atomic E-state index is 12.7. The summed E-state index contributed by atoms with van der Waals surface area (Å²) in [5, 5.41) is 0.545. The zero-order chi connectivity index (χ0) is 20.9. The molecule has 1 aliphatic heterocycles. The lowest BCUT2D eigenvalue weighted by Crippen LogP contribution is -2.44. The summed E-state index contributed by atoms with van der Waals surface area (Å²) in [7, 11) is -3.81. The van der Waals surface area contributed by atoms with Gasteiger partial charge >= 0.3 is 0 Å². The van der Waals surface area contributed by atoms with Crippen molar-refractivity contribution in [2.24, 2.45) is 11.7 Å². The van der Waals surface area contributed by atoms with Crippen molar-refractivity contribution in [1.82, 2.24) is 9.62 Å². The predicted molar refractivity (Wildman–Crippen MR) is 115 cm³/mol. The fraction of sp³-hybridized carbons (Fsp3) is 0.381. The molecule has 2 aromatic rings. The number of nitrogens with one attached hydrogen (secondary N) is 1. The van der Waals surface area contributed by atoms with Crippen LogP contribution in [0.5, 0.6) is 0 Å². The van der Waals surface area contributed by atoms with Crippen molar-refractivity contribution in [1.29, 1.82) is 0 Å². The Hall–Kier alpha value is -1.93. The van der Waals surface area contributed by atoms with Gasteiger partial charge in [0.05, 0.1) is 11.4 Å². The largest absolute Gasteiger partial charge is 0.342 e. The molecule has 29 heavy (non-hydrogen) atoms. The number of hydrogen-bond donors (Lipinski definition) is 2. The van der Waals surface area contributed by atoms with Crippen LogP contribution in [0.1, 0.15) is 19.3 Å². The fourth-order valence-corrected chi connectivity index (χ4v) is 4.85. The van der Waals surface area contributed by atoms with Gasteiger partial charge in [-0.05, 0) is 55.5 Å². The van der Waals surface area contributed by atoms with Crippen LogP contribution in [0.25, 0.3) is 11.1 Å². The Kier molecular flexibility index (Phi) is 7.29. The molecule has 1 amide bonds. The quantitative estimate of drug-likeness (QED) is 0.699. The standard InChI is InChI=1S/C21H26ClN3O3S/c22-20-7-2-1-6-19(20)17-4-3-5-18(14-17)29(27,28)24-15-21(26)25-12-9-16(8-11-23)10-13-25/h1-7,14,16,24H,8-13,15,23H2. The molecule has 3 N–H and O–H groups in total. The number of sulfonamides is 1. The summed E-state index contributed by atoms with van der Waals surface area (Å²) in [4.78, 5) is 14.2. The van der Waals surface area contributed by atoms with Gasteiger partial charge in [0, 0.05) is 23.7 Å². The van der Waals surface area contributed by atoms with Crippen LogP contribution in [0, 0.1) is 5.92 Å². The molecule has 0 aromatic heterocycles. The number of halogens is 1. The molecule has 0 bridgehead atoms. The number of hydrogen-bond acceptors (Lipinski definition) is 4. The minimum absolute atomic E-state index is 0.101. The van der Waals surface area contributed by atoms with E-state index in [2.05, 4.69) is 4.72 Å². The van der Waals surface area contributed by atoms with Gasteiger partial charge in [0.25, 0.3) is 0 Å². The van der Waals surface area contributed by atoms with Crippen molar-refractivity contribution >= 4 is 27.5 Å². The van der Waals surface area contributed by atoms with E-state index in [0.29, 0.717) is 36.1 Å². The summed E-state index contributed by atoms with van der Waals surface area (Å²) < 4.78 is 27.8. The maximum atomic E-state index is 12.7. The average Bonchev–Trinajstić information content (AvgIpc) is 2.73. The summed E-state index contributed by atoms with van der Waals surface area (Å²) >= 11 is 6.22. The number of likely N-dealkylation sites (tertiary alicyclic amines) is 1. The normalized spacial score (nSPS) is 15.4. The van der Waals surface area contributed by atoms with E-state index in [1.165, 1.54) is 6.07 Å². The van der Waals surface area contributed by atoms with Gasteiger partial charge in [-0.1, -0.05) is 41.9 Å². The number of nitrogens with two attached hydrogens (primary N) is 1. The minimum Gasteiger partial charge on any atom is -0.342 e. The number of carbonyl (C=O) groups excluding carboxylic acids is 1. The Balaban J connectivity index is 1.64. The molecule has 1 saturated heterocycles. The van der Waals surface area contributed by atoms with Gasteiger partial charge in [-0.25, -0.2) is 13.1 Å². The van der Waals surface area contributed by atoms with E-state index in [0.717, 1.165) is 24.8 Å². The van der Waals surface area contributed by atoms with Crippen LogP contribution >= 0.6 is 11.6 Å². The number of rotatable bonds is 7. The lowest BCUT2D eigenvalue weighted by Gasteiger charge is -2.32. The molecule has 0 atom stereocenters. The van der Waals surface area contributed by atoms with Gasteiger partial charge in [0.2, 0.25) is 15.9 Å². The highest BCUT2D eigenvalue weighted by atomic mass is 35.5. The van der Waals surface area contributed by atoms with E-state index < -0.39 is 10.0 Å². The lowest BCUT2D eigenvalue weighted by molar-refractivity contribution is -0.131. The highest BCUT2D eigenvalue weighted by Crippen LogP contribution is 2.29. The third-order valence-corrected chi connectivity index (χ3v) is 7.01. The molecule has 1 heterocycles. The Labute approximate surface area is 177 Å². The molecule has 1 fully saturated rings. The van der Waals surface area contributed by atoms with Crippen molar-refractivity contribution in [3.63, 3.8) is 0 Å². The van der Waals surface area contributed by atoms with Crippen molar-refractivity contribution in [2.75, 3.05) is 26.2 Å². The highest BCUT2D eigenvalue weighted by molar-refractivity contribution is 7.89. The molecule has 0 aliphatic carbocycles. The second kappa shape index (κ2) is 9.71. The smallest absolute Gasteiger partial charge is 0.241 e. The molecule has 0 spiro atoms. The molecule has 1 aliphatic rings. The summed E-state index contributed by atoms with van der Waals surface area (Å²) in [5.74, 6) is 0.343. The van der Waals surface area contributed by atoms with Gasteiger partial charge < -0.3 is 10.6 Å². The third kappa shape index (κ3) is 5.57. The topological polar surface area (TPSA) is 92.5 Å². The molecule has 2 aromatic carbocycles. The number of amides is 1. The number of carbonyl (C=O) groups is 1. The summed E-state index contributed by atoms with van der Waals surface area (Å²) in [5.41, 5.74) is 7.05. The molecule has 3 rings (SSSR count). The molecule has 0 saturated carbocycles. The van der Waals surface area contributed by atoms with Gasteiger partial charge in [-0.15, -0.1) is 0 Å². The van der Waals surface area contributed by atoms with Crippen LogP contribution < -0.4 is 10.5 Å². The lowest BCUT2D eigenvalue weighted by atomic mass is 9.93. The maximum Gasteiger partial charge on any atom is 0.241 e. The molecular formula is C21H26ClN3O3S. The van der Waals surface area contributed by atoms with Crippen molar-refractivity contribution in [3.05, 3.63) is 53.6 Å². The van der Waals surface area contributed by atoms with Crippen molar-refractivity contribution in [3.8, 4) is 11.1 Å². The minimum atomic E-state index is -3.81. The van der Waals surface area contributed by atoms with Crippen LogP contribution in [0.2, 0.25) is 5.02 Å². The molecule has 156 valence electrons. The van der Waals surface area contributed by atoms with E-state index in [4.69, 9.17) is 17.3 Å². The molecular weight excluding hydrogens is 410 g/mol. The average molecular weight is 436 g/mol. The Morgan fingerprint density at radius 1 is 1.14 bits per heavy atom. The van der Waals surface area contributed by atoms with E-state index in [1.807, 2.05) is 18.2 Å². The van der Waals surface area contributed by atoms with Crippen LogP contribution in [-0.4, -0.2) is 45.4 Å². The van der Waals surface area contributed by atoms with E-state index in [9.17, 15) is 13.2 Å². The zero-order valence-corrected chi connectivity index (χ0v) is 17.8. The second-order valence-corrected chi connectivity index (χ2v) is 9.41. The first kappa shape index (κ1) is 21.8. The first-order valence-corrected chi connectivity index (χ1v) is 11.6. The van der Waals surface area contributed by atoms with Crippen molar-refractivity contribution < 1.29 is 13.2 Å². The van der Waals surface area contributed by atoms with Crippen molar-refractivity contribution in [2.45, 2.75) is 24.2 Å². The summed E-state index contributed by atoms with van der Waals surface area (Å²) in [6, 6.07) is 13.8. The summed E-state index contributed by atoms with van der Waals surface area (Å²) in [6.45, 7) is 1.70. The van der Waals surface area contributed by atoms with Crippen LogP contribution in [0.15, 0.2) is 53.4 Å². The molecule has 0 radical (unpaired) electrons. The Morgan fingerprint density at radius 3 is 2.55 bits per heavy atom. The summed E-state index contributed by atoms with van der Waals surface area (Å²) in [6.07, 6.45) is 2.79. The van der Waals surface area contributed by atoms with E-state index in [-0.39, 0.29) is 17.3 Å². The highest BCUT2D eigenvalue weighted by Gasteiger charge is 2.24. The second-order valence-electron chi connectivity index (χ2n) is 7.23. The number of nitrogens with zero attached hydrogens (tertiary/aromatic N) is 1. The predicted octanol–water partition coefficient (Wildman–Crippen LogP) is 2.87. The number of benzene rings is 2. The molecule has 6 nitrogen and oxygen atoms in total. The first-order chi connectivity index (χ1) is 13.9. The van der Waals surface area contributed by atoms with Crippen LogP contribution in [0.3, 0.4) is 0 Å². The van der Waals surface area contributed by atoms with Gasteiger partial charge in [0.15, 0.2) is 0 Å². The van der Waals surface area contributed by atoms with E-state index in [1.54, 1.807) is 29.2 Å². The Bertz CT molecular complexity index is 957. The SMILES string of the molecule is NCCC1CCN(C(=O)CNS(=O)(=O)c2cccc(-c3ccccc3Cl)c2)CC1. The zero-order valence-electron chi connectivity index (χ0n) is 16.2. The third-order valence-electron chi connectivity index (χ3n) is 5.28. The molecule has 8 heteroatoms. The van der Waals surface area contributed by atoms with Crippen LogP contribution in [-0.2, 0) is 14.8 Å². The van der Waals surface area contributed by atoms with Crippen LogP contribution in [0.4, 0.5) is 0 Å². The molecule has 0 unspecified atom stereocenters. The number of piperidine rings is 1. The van der Waals surface area contributed by atoms with Gasteiger partial charge in [-0.3, -0.25) is 4.79 Å². The Morgan fingerprint density at radius 2 is 1.86 bits per heavy atom. The first-order valence-electron chi connectivity index (χ1n) is 9.73. The monoisotopic (exact) mass is 435 g/mol. The fourth-order valence-electron chi connectivity index (χ4n) is 3.58. The van der Waals surface area contributed by atoms with Gasteiger partial charge in [0.1, 0.15) is 0 Å². The van der Waals surface area contributed by atoms with E-state index >= 15 is 0 Å². The van der Waals surface area contributed by atoms with Gasteiger partial charge in [-0.2, -0.15) is 0 Å².